The number of ether oxygens (including phenoxy) is 2. The summed E-state index contributed by atoms with van der Waals surface area (Å²) in [6.07, 6.45) is 2.99. The van der Waals surface area contributed by atoms with Crippen molar-refractivity contribution in [2.24, 2.45) is 15.0 Å². The van der Waals surface area contributed by atoms with Crippen molar-refractivity contribution in [1.29, 1.82) is 0 Å². The second-order valence-electron chi connectivity index (χ2n) is 4.34. The number of methoxy groups -OCH3 is 1. The number of amidine groups is 3. The van der Waals surface area contributed by atoms with Crippen LogP contribution in [0.4, 0.5) is 0 Å². The molecule has 0 unspecified atom stereocenters. The first kappa shape index (κ1) is 16.2. The molecule has 1 aliphatic heterocycles. The van der Waals surface area contributed by atoms with Gasteiger partial charge in [-0.3, -0.25) is 4.90 Å². The van der Waals surface area contributed by atoms with Crippen LogP contribution in [0.1, 0.15) is 33.1 Å². The van der Waals surface area contributed by atoms with Crippen molar-refractivity contribution >= 4 is 17.9 Å². The van der Waals surface area contributed by atoms with E-state index in [4.69, 9.17) is 9.47 Å². The van der Waals surface area contributed by atoms with Gasteiger partial charge in [0.1, 0.15) is 5.70 Å². The standard InChI is InChI=1S/C14H24N4O2/c1-6-8-10-20-13(15-4)17-12-11(3)16-14(19-5)18(12)9-7-2/h3,6-10H2,1-2,4-5H3. The third kappa shape index (κ3) is 4.08. The van der Waals surface area contributed by atoms with Crippen LogP contribution in [0.2, 0.25) is 0 Å². The van der Waals surface area contributed by atoms with E-state index in [-0.39, 0.29) is 0 Å². The Morgan fingerprint density at radius 1 is 1.35 bits per heavy atom. The third-order valence-corrected chi connectivity index (χ3v) is 2.73. The van der Waals surface area contributed by atoms with E-state index in [0.29, 0.717) is 30.2 Å². The van der Waals surface area contributed by atoms with Gasteiger partial charge in [0.15, 0.2) is 5.84 Å². The lowest BCUT2D eigenvalue weighted by Crippen LogP contribution is -2.34. The summed E-state index contributed by atoms with van der Waals surface area (Å²) in [6, 6.07) is 0.864. The molecule has 0 radical (unpaired) electrons. The molecule has 0 aromatic carbocycles. The van der Waals surface area contributed by atoms with Crippen LogP contribution in [0.3, 0.4) is 0 Å². The molecular formula is C14H24N4O2. The average molecular weight is 280 g/mol. The Morgan fingerprint density at radius 3 is 2.65 bits per heavy atom. The summed E-state index contributed by atoms with van der Waals surface area (Å²) in [4.78, 5) is 14.6. The first-order valence-corrected chi connectivity index (χ1v) is 6.95. The van der Waals surface area contributed by atoms with Crippen molar-refractivity contribution in [3.8, 4) is 0 Å². The van der Waals surface area contributed by atoms with Gasteiger partial charge in [0.25, 0.3) is 6.02 Å². The summed E-state index contributed by atoms with van der Waals surface area (Å²) in [7, 11) is 3.25. The van der Waals surface area contributed by atoms with Gasteiger partial charge >= 0.3 is 6.02 Å². The summed E-state index contributed by atoms with van der Waals surface area (Å²) >= 11 is 0. The second kappa shape index (κ2) is 8.35. The van der Waals surface area contributed by atoms with E-state index in [1.807, 2.05) is 4.90 Å². The minimum absolute atomic E-state index is 0.350. The van der Waals surface area contributed by atoms with Crippen LogP contribution >= 0.6 is 0 Å². The highest BCUT2D eigenvalue weighted by molar-refractivity contribution is 6.15. The molecule has 0 fully saturated rings. The zero-order chi connectivity index (χ0) is 15.0. The highest BCUT2D eigenvalue weighted by Gasteiger charge is 2.28. The lowest BCUT2D eigenvalue weighted by Gasteiger charge is -2.18. The molecule has 0 amide bonds. The van der Waals surface area contributed by atoms with Gasteiger partial charge in [-0.1, -0.05) is 26.8 Å². The van der Waals surface area contributed by atoms with Crippen LogP contribution < -0.4 is 0 Å². The fraction of sp³-hybridized carbons (Fsp3) is 0.643. The molecule has 20 heavy (non-hydrogen) atoms. The molecule has 0 spiro atoms. The van der Waals surface area contributed by atoms with Crippen molar-refractivity contribution in [1.82, 2.24) is 4.90 Å². The van der Waals surface area contributed by atoms with Crippen LogP contribution in [0.15, 0.2) is 27.3 Å². The molecule has 0 saturated carbocycles. The van der Waals surface area contributed by atoms with Crippen molar-refractivity contribution in [3.05, 3.63) is 12.3 Å². The van der Waals surface area contributed by atoms with E-state index in [1.165, 1.54) is 0 Å². The number of nitrogens with zero attached hydrogens (tertiary/aromatic N) is 4. The maximum Gasteiger partial charge on any atom is 0.313 e. The van der Waals surface area contributed by atoms with Crippen molar-refractivity contribution in [2.45, 2.75) is 33.1 Å². The zero-order valence-corrected chi connectivity index (χ0v) is 12.8. The Balaban J connectivity index is 2.85. The Morgan fingerprint density at radius 2 is 2.10 bits per heavy atom. The van der Waals surface area contributed by atoms with Crippen LogP contribution in [0.5, 0.6) is 0 Å². The predicted octanol–water partition coefficient (Wildman–Crippen LogP) is 2.43. The molecule has 0 aromatic rings. The topological polar surface area (TPSA) is 58.8 Å². The van der Waals surface area contributed by atoms with Gasteiger partial charge in [-0.2, -0.15) is 9.98 Å². The molecule has 1 heterocycles. The lowest BCUT2D eigenvalue weighted by atomic mass is 10.4. The van der Waals surface area contributed by atoms with Gasteiger partial charge < -0.3 is 9.47 Å². The van der Waals surface area contributed by atoms with Crippen LogP contribution in [-0.2, 0) is 9.47 Å². The molecule has 1 rings (SSSR count). The summed E-state index contributed by atoms with van der Waals surface area (Å²) in [5.41, 5.74) is 0.565. The molecule has 0 N–H and O–H groups in total. The van der Waals surface area contributed by atoms with Crippen LogP contribution in [0.25, 0.3) is 0 Å². The molecule has 0 bridgehead atoms. The Labute approximate surface area is 120 Å². The van der Waals surface area contributed by atoms with Crippen LogP contribution in [-0.4, -0.2) is 50.1 Å². The van der Waals surface area contributed by atoms with Crippen molar-refractivity contribution < 1.29 is 9.47 Å². The molecule has 1 aliphatic rings. The minimum atomic E-state index is 0.350. The normalized spacial score (nSPS) is 17.7. The molecule has 0 atom stereocenters. The quantitative estimate of drug-likeness (QED) is 0.441. The molecule has 0 saturated heterocycles. The summed E-state index contributed by atoms with van der Waals surface area (Å²) in [5.74, 6) is 0.640. The van der Waals surface area contributed by atoms with Crippen molar-refractivity contribution in [2.75, 3.05) is 27.3 Å². The fourth-order valence-corrected chi connectivity index (χ4v) is 1.72. The Kier molecular flexibility index (Phi) is 6.76. The predicted molar refractivity (Wildman–Crippen MR) is 82.2 cm³/mol. The first-order valence-electron chi connectivity index (χ1n) is 6.95. The molecule has 6 heteroatoms. The maximum absolute atomic E-state index is 5.54. The van der Waals surface area contributed by atoms with E-state index in [1.54, 1.807) is 14.2 Å². The third-order valence-electron chi connectivity index (χ3n) is 2.73. The Bertz CT molecular complexity index is 427. The van der Waals surface area contributed by atoms with E-state index < -0.39 is 0 Å². The number of rotatable bonds is 5. The van der Waals surface area contributed by atoms with Crippen LogP contribution in [0, 0.1) is 0 Å². The number of unbranched alkanes of at least 4 members (excludes halogenated alkanes) is 1. The molecule has 6 nitrogen and oxygen atoms in total. The summed E-state index contributed by atoms with van der Waals surface area (Å²) in [5, 5.41) is 0. The number of hydrogen-bond donors (Lipinski definition) is 0. The number of hydrogen-bond acceptors (Lipinski definition) is 4. The van der Waals surface area contributed by atoms with Crippen molar-refractivity contribution in [3.63, 3.8) is 0 Å². The van der Waals surface area contributed by atoms with Gasteiger partial charge in [0, 0.05) is 13.6 Å². The summed E-state index contributed by atoms with van der Waals surface area (Å²) < 4.78 is 10.8. The monoisotopic (exact) mass is 280 g/mol. The Hall–Kier alpha value is -1.85. The highest BCUT2D eigenvalue weighted by Crippen LogP contribution is 2.16. The van der Waals surface area contributed by atoms with E-state index in [2.05, 4.69) is 35.4 Å². The smallest absolute Gasteiger partial charge is 0.313 e. The average Bonchev–Trinajstić information content (AvgIpc) is 2.75. The fourth-order valence-electron chi connectivity index (χ4n) is 1.72. The van der Waals surface area contributed by atoms with E-state index >= 15 is 0 Å². The maximum atomic E-state index is 5.54. The molecule has 0 aliphatic carbocycles. The number of aliphatic imine (C=N–C) groups is 3. The van der Waals surface area contributed by atoms with E-state index in [0.717, 1.165) is 25.8 Å². The minimum Gasteiger partial charge on any atom is -0.468 e. The summed E-state index contributed by atoms with van der Waals surface area (Å²) in [6.45, 7) is 9.46. The van der Waals surface area contributed by atoms with E-state index in [9.17, 15) is 0 Å². The SMILES string of the molecule is C=C1N=C(OC)N(CCC)C1=NC(=NC)OCCCC. The zero-order valence-electron chi connectivity index (χ0n) is 12.8. The second-order valence-corrected chi connectivity index (χ2v) is 4.34. The highest BCUT2D eigenvalue weighted by atomic mass is 16.5. The lowest BCUT2D eigenvalue weighted by molar-refractivity contribution is 0.291. The molecular weight excluding hydrogens is 256 g/mol. The van der Waals surface area contributed by atoms with Gasteiger partial charge in [-0.15, -0.1) is 0 Å². The largest absolute Gasteiger partial charge is 0.468 e. The molecule has 112 valence electrons. The van der Waals surface area contributed by atoms with Gasteiger partial charge in [0.05, 0.1) is 13.7 Å². The first-order chi connectivity index (χ1) is 9.67. The van der Waals surface area contributed by atoms with Gasteiger partial charge in [-0.05, 0) is 12.8 Å². The molecule has 0 aromatic heterocycles. The van der Waals surface area contributed by atoms with Gasteiger partial charge in [0.2, 0.25) is 0 Å². The van der Waals surface area contributed by atoms with Gasteiger partial charge in [-0.25, -0.2) is 4.99 Å².